The monoisotopic (exact) mass is 270 g/mol. The molecule has 0 saturated carbocycles. The second-order valence-corrected chi connectivity index (χ2v) is 7.64. The van der Waals surface area contributed by atoms with Gasteiger partial charge in [-0.05, 0) is 19.3 Å². The van der Waals surface area contributed by atoms with Crippen molar-refractivity contribution in [3.63, 3.8) is 0 Å². The van der Waals surface area contributed by atoms with Crippen LogP contribution in [0.25, 0.3) is 0 Å². The summed E-state index contributed by atoms with van der Waals surface area (Å²) in [4.78, 5) is 4.46. The van der Waals surface area contributed by atoms with Crippen molar-refractivity contribution in [2.24, 2.45) is 0 Å². The van der Waals surface area contributed by atoms with Crippen LogP contribution in [0.4, 0.5) is 0 Å². The second kappa shape index (κ2) is 4.35. The van der Waals surface area contributed by atoms with E-state index >= 15 is 0 Å². The summed E-state index contributed by atoms with van der Waals surface area (Å²) in [7, 11) is -2.81. The fourth-order valence-corrected chi connectivity index (χ4v) is 4.44. The number of rotatable bonds is 1. The van der Waals surface area contributed by atoms with Crippen molar-refractivity contribution in [3.05, 3.63) is 17.7 Å². The van der Waals surface area contributed by atoms with Crippen molar-refractivity contribution in [1.82, 2.24) is 9.55 Å². The van der Waals surface area contributed by atoms with E-state index in [9.17, 15) is 13.5 Å². The Bertz CT molecular complexity index is 536. The molecule has 1 N–H and O–H groups in total. The number of imidazole rings is 1. The van der Waals surface area contributed by atoms with Gasteiger partial charge in [-0.3, -0.25) is 0 Å². The van der Waals surface area contributed by atoms with Crippen LogP contribution >= 0.6 is 0 Å². The molecule has 0 spiro atoms. The largest absolute Gasteiger partial charge is 0.393 e. The number of sulfone groups is 1. The van der Waals surface area contributed by atoms with Crippen LogP contribution < -0.4 is 0 Å². The zero-order valence-corrected chi connectivity index (χ0v) is 11.1. The molecule has 1 fully saturated rings. The highest BCUT2D eigenvalue weighted by molar-refractivity contribution is 7.91. The van der Waals surface area contributed by atoms with Gasteiger partial charge in [-0.1, -0.05) is 0 Å². The van der Waals surface area contributed by atoms with E-state index in [1.165, 1.54) is 0 Å². The summed E-state index contributed by atoms with van der Waals surface area (Å²) in [6, 6.07) is 0. The lowest BCUT2D eigenvalue weighted by atomic mass is 10.0. The summed E-state index contributed by atoms with van der Waals surface area (Å²) in [6.45, 7) is 0.801. The van der Waals surface area contributed by atoms with Crippen molar-refractivity contribution >= 4 is 9.84 Å². The average molecular weight is 270 g/mol. The number of hydrogen-bond acceptors (Lipinski definition) is 4. The summed E-state index contributed by atoms with van der Waals surface area (Å²) in [5.74, 6) is 1.84. The zero-order chi connectivity index (χ0) is 12.8. The van der Waals surface area contributed by atoms with E-state index in [1.807, 2.05) is 6.20 Å². The molecule has 3 heterocycles. The standard InChI is InChI=1S/C12H18N2O3S/c15-11-1-4-14-10(7-11)8-13-12(14)9-2-5-18(16,17)6-3-9/h8-9,11,15H,1-7H2. The van der Waals surface area contributed by atoms with Gasteiger partial charge >= 0.3 is 0 Å². The highest BCUT2D eigenvalue weighted by atomic mass is 32.2. The Hall–Kier alpha value is -0.880. The predicted octanol–water partition coefficient (Wildman–Crippen LogP) is 0.482. The van der Waals surface area contributed by atoms with Crippen LogP contribution in [0.5, 0.6) is 0 Å². The molecule has 2 aliphatic rings. The molecule has 100 valence electrons. The Morgan fingerprint density at radius 3 is 2.72 bits per heavy atom. The summed E-state index contributed by atoms with van der Waals surface area (Å²) in [6.07, 6.45) is 4.37. The van der Waals surface area contributed by atoms with Gasteiger partial charge in [-0.25, -0.2) is 13.4 Å². The van der Waals surface area contributed by atoms with Crippen molar-refractivity contribution in [2.45, 2.75) is 44.2 Å². The van der Waals surface area contributed by atoms with Gasteiger partial charge in [0.2, 0.25) is 0 Å². The Morgan fingerprint density at radius 1 is 1.28 bits per heavy atom. The number of aliphatic hydroxyl groups is 1. The van der Waals surface area contributed by atoms with Crippen LogP contribution in [0.15, 0.2) is 6.20 Å². The molecule has 0 bridgehead atoms. The molecule has 0 amide bonds. The maximum absolute atomic E-state index is 11.4. The third-order valence-electron chi connectivity index (χ3n) is 4.02. The Balaban J connectivity index is 1.82. The van der Waals surface area contributed by atoms with Crippen LogP contribution in [-0.2, 0) is 22.8 Å². The molecule has 1 aromatic rings. The SMILES string of the molecule is O=S1(=O)CCC(c2ncc3n2CCC(O)C3)CC1. The third kappa shape index (κ3) is 2.19. The lowest BCUT2D eigenvalue weighted by Crippen LogP contribution is -2.27. The molecule has 6 heteroatoms. The maximum Gasteiger partial charge on any atom is 0.150 e. The fourth-order valence-electron chi connectivity index (χ4n) is 2.94. The lowest BCUT2D eigenvalue weighted by molar-refractivity contribution is 0.142. The number of nitrogens with zero attached hydrogens (tertiary/aromatic N) is 2. The van der Waals surface area contributed by atoms with Gasteiger partial charge in [-0.15, -0.1) is 0 Å². The second-order valence-electron chi connectivity index (χ2n) is 5.33. The van der Waals surface area contributed by atoms with E-state index in [0.29, 0.717) is 19.3 Å². The van der Waals surface area contributed by atoms with Gasteiger partial charge in [-0.2, -0.15) is 0 Å². The average Bonchev–Trinajstić information content (AvgIpc) is 2.72. The predicted molar refractivity (Wildman–Crippen MR) is 67.2 cm³/mol. The summed E-state index contributed by atoms with van der Waals surface area (Å²) >= 11 is 0. The van der Waals surface area contributed by atoms with E-state index in [1.54, 1.807) is 0 Å². The van der Waals surface area contributed by atoms with Gasteiger partial charge in [0.25, 0.3) is 0 Å². The number of aromatic nitrogens is 2. The smallest absolute Gasteiger partial charge is 0.150 e. The van der Waals surface area contributed by atoms with Crippen LogP contribution in [0.2, 0.25) is 0 Å². The van der Waals surface area contributed by atoms with E-state index in [4.69, 9.17) is 0 Å². The molecule has 0 radical (unpaired) electrons. The number of fused-ring (bicyclic) bond motifs is 1. The maximum atomic E-state index is 11.4. The van der Waals surface area contributed by atoms with E-state index in [2.05, 4.69) is 9.55 Å². The molecule has 1 atom stereocenters. The summed E-state index contributed by atoms with van der Waals surface area (Å²) in [5, 5.41) is 9.62. The minimum atomic E-state index is -2.81. The van der Waals surface area contributed by atoms with Crippen molar-refractivity contribution in [1.29, 1.82) is 0 Å². The molecule has 18 heavy (non-hydrogen) atoms. The van der Waals surface area contributed by atoms with E-state index < -0.39 is 9.84 Å². The first-order chi connectivity index (χ1) is 8.55. The van der Waals surface area contributed by atoms with Gasteiger partial charge in [0, 0.05) is 30.8 Å². The molecule has 1 aromatic heterocycles. The van der Waals surface area contributed by atoms with E-state index in [-0.39, 0.29) is 23.5 Å². The van der Waals surface area contributed by atoms with Crippen LogP contribution in [0, 0.1) is 0 Å². The van der Waals surface area contributed by atoms with Crippen molar-refractivity contribution < 1.29 is 13.5 Å². The van der Waals surface area contributed by atoms with Crippen LogP contribution in [-0.4, -0.2) is 40.7 Å². The molecule has 5 nitrogen and oxygen atoms in total. The van der Waals surface area contributed by atoms with Crippen LogP contribution in [0.3, 0.4) is 0 Å². The number of aliphatic hydroxyl groups excluding tert-OH is 1. The molecule has 0 aromatic carbocycles. The highest BCUT2D eigenvalue weighted by Crippen LogP contribution is 2.30. The fraction of sp³-hybridized carbons (Fsp3) is 0.750. The first-order valence-electron chi connectivity index (χ1n) is 6.48. The molecule has 0 aliphatic carbocycles. The molecular weight excluding hydrogens is 252 g/mol. The van der Waals surface area contributed by atoms with Gasteiger partial charge in [0.1, 0.15) is 15.7 Å². The van der Waals surface area contributed by atoms with Gasteiger partial charge in [0.05, 0.1) is 17.6 Å². The highest BCUT2D eigenvalue weighted by Gasteiger charge is 2.29. The Labute approximate surface area is 107 Å². The summed E-state index contributed by atoms with van der Waals surface area (Å²) in [5.41, 5.74) is 1.08. The van der Waals surface area contributed by atoms with E-state index in [0.717, 1.165) is 24.5 Å². The lowest BCUT2D eigenvalue weighted by Gasteiger charge is -2.26. The zero-order valence-electron chi connectivity index (χ0n) is 10.2. The Kier molecular flexibility index (Phi) is 2.94. The molecule has 3 rings (SSSR count). The number of hydrogen-bond donors (Lipinski definition) is 1. The van der Waals surface area contributed by atoms with Crippen molar-refractivity contribution in [3.8, 4) is 0 Å². The minimum absolute atomic E-state index is 0.256. The molecular formula is C12H18N2O3S. The topological polar surface area (TPSA) is 72.2 Å². The van der Waals surface area contributed by atoms with Crippen molar-refractivity contribution in [2.75, 3.05) is 11.5 Å². The normalized spacial score (nSPS) is 27.9. The summed E-state index contributed by atoms with van der Waals surface area (Å²) < 4.78 is 25.1. The Morgan fingerprint density at radius 2 is 2.00 bits per heavy atom. The molecule has 1 unspecified atom stereocenters. The molecule has 1 saturated heterocycles. The third-order valence-corrected chi connectivity index (χ3v) is 5.73. The van der Waals surface area contributed by atoms with Crippen LogP contribution in [0.1, 0.15) is 36.7 Å². The van der Waals surface area contributed by atoms with Gasteiger partial charge < -0.3 is 9.67 Å². The quantitative estimate of drug-likeness (QED) is 0.806. The molecule has 2 aliphatic heterocycles. The first kappa shape index (κ1) is 12.2. The van der Waals surface area contributed by atoms with Gasteiger partial charge in [0.15, 0.2) is 0 Å². The minimum Gasteiger partial charge on any atom is -0.393 e. The first-order valence-corrected chi connectivity index (χ1v) is 8.30.